The SMILES string of the molecule is CNC1C(C)N(C)C1C. The fraction of sp³-hybridized carbons (Fsp3) is 1.00. The van der Waals surface area contributed by atoms with Gasteiger partial charge in [0.2, 0.25) is 0 Å². The van der Waals surface area contributed by atoms with Crippen LogP contribution in [0, 0.1) is 0 Å². The standard InChI is InChI=1S/C7H16N2/c1-5-7(8-3)6(2)9(5)4/h5-8H,1-4H3. The molecule has 0 aromatic heterocycles. The van der Waals surface area contributed by atoms with Crippen LogP contribution in [0.4, 0.5) is 0 Å². The first-order valence-electron chi connectivity index (χ1n) is 3.57. The second-order valence-corrected chi connectivity index (χ2v) is 2.96. The van der Waals surface area contributed by atoms with Gasteiger partial charge in [-0.3, -0.25) is 4.90 Å². The average molecular weight is 128 g/mol. The van der Waals surface area contributed by atoms with E-state index in [0.717, 1.165) is 0 Å². The molecule has 0 amide bonds. The van der Waals surface area contributed by atoms with Crippen LogP contribution in [-0.2, 0) is 0 Å². The minimum atomic E-state index is 0.704. The highest BCUT2D eigenvalue weighted by atomic mass is 15.3. The molecular formula is C7H16N2. The van der Waals surface area contributed by atoms with Crippen LogP contribution < -0.4 is 5.32 Å². The van der Waals surface area contributed by atoms with Crippen molar-refractivity contribution in [1.29, 1.82) is 0 Å². The minimum absolute atomic E-state index is 0.704. The van der Waals surface area contributed by atoms with E-state index < -0.39 is 0 Å². The molecule has 0 bridgehead atoms. The maximum absolute atomic E-state index is 3.29. The second kappa shape index (κ2) is 2.27. The quantitative estimate of drug-likeness (QED) is 0.546. The highest BCUT2D eigenvalue weighted by Crippen LogP contribution is 2.22. The third-order valence-electron chi connectivity index (χ3n) is 2.66. The predicted octanol–water partition coefficient (Wildman–Crippen LogP) is 0.297. The fourth-order valence-corrected chi connectivity index (χ4v) is 1.66. The molecule has 0 aliphatic carbocycles. The van der Waals surface area contributed by atoms with Gasteiger partial charge in [0.25, 0.3) is 0 Å². The van der Waals surface area contributed by atoms with Gasteiger partial charge in [-0.15, -0.1) is 0 Å². The maximum Gasteiger partial charge on any atom is 0.0372 e. The molecule has 1 aliphatic heterocycles. The molecule has 2 heteroatoms. The molecule has 0 spiro atoms. The Bertz CT molecular complexity index is 93.1. The van der Waals surface area contributed by atoms with E-state index in [1.807, 2.05) is 7.05 Å². The highest BCUT2D eigenvalue weighted by Gasteiger charge is 2.38. The molecule has 2 unspecified atom stereocenters. The van der Waals surface area contributed by atoms with Crippen molar-refractivity contribution in [2.75, 3.05) is 14.1 Å². The van der Waals surface area contributed by atoms with Crippen LogP contribution in [0.25, 0.3) is 0 Å². The summed E-state index contributed by atoms with van der Waals surface area (Å²) in [5.41, 5.74) is 0. The van der Waals surface area contributed by atoms with Crippen LogP contribution in [0.2, 0.25) is 0 Å². The Morgan fingerprint density at radius 2 is 1.67 bits per heavy atom. The van der Waals surface area contributed by atoms with E-state index >= 15 is 0 Å². The summed E-state index contributed by atoms with van der Waals surface area (Å²) < 4.78 is 0. The number of hydrogen-bond donors (Lipinski definition) is 1. The Morgan fingerprint density at radius 1 is 1.22 bits per heavy atom. The number of nitrogens with one attached hydrogen (secondary N) is 1. The largest absolute Gasteiger partial charge is 0.314 e. The van der Waals surface area contributed by atoms with Crippen LogP contribution in [-0.4, -0.2) is 37.1 Å². The fourth-order valence-electron chi connectivity index (χ4n) is 1.66. The first-order valence-corrected chi connectivity index (χ1v) is 3.57. The Hall–Kier alpha value is -0.0800. The summed E-state index contributed by atoms with van der Waals surface area (Å²) in [6.07, 6.45) is 0. The number of likely N-dealkylation sites (tertiary alicyclic amines) is 1. The van der Waals surface area contributed by atoms with Gasteiger partial charge in [0.1, 0.15) is 0 Å². The van der Waals surface area contributed by atoms with Gasteiger partial charge in [0, 0.05) is 18.1 Å². The molecule has 0 aromatic carbocycles. The molecule has 1 fully saturated rings. The third kappa shape index (κ3) is 0.864. The van der Waals surface area contributed by atoms with Gasteiger partial charge in [-0.1, -0.05) is 0 Å². The van der Waals surface area contributed by atoms with E-state index in [4.69, 9.17) is 0 Å². The van der Waals surface area contributed by atoms with Crippen molar-refractivity contribution in [3.05, 3.63) is 0 Å². The number of hydrogen-bond acceptors (Lipinski definition) is 2. The molecule has 1 N–H and O–H groups in total. The van der Waals surface area contributed by atoms with Crippen LogP contribution in [0.1, 0.15) is 13.8 Å². The summed E-state index contributed by atoms with van der Waals surface area (Å²) in [6, 6.07) is 2.13. The first-order chi connectivity index (χ1) is 4.18. The third-order valence-corrected chi connectivity index (χ3v) is 2.66. The Labute approximate surface area is 57.2 Å². The Kier molecular flexibility index (Phi) is 1.78. The van der Waals surface area contributed by atoms with Crippen LogP contribution in [0.3, 0.4) is 0 Å². The maximum atomic E-state index is 3.29. The van der Waals surface area contributed by atoms with Crippen molar-refractivity contribution in [2.45, 2.75) is 32.0 Å². The smallest absolute Gasteiger partial charge is 0.0372 e. The summed E-state index contributed by atoms with van der Waals surface area (Å²) >= 11 is 0. The molecule has 0 saturated carbocycles. The lowest BCUT2D eigenvalue weighted by Crippen LogP contribution is -2.67. The molecule has 2 atom stereocenters. The van der Waals surface area contributed by atoms with E-state index in [1.165, 1.54) is 0 Å². The van der Waals surface area contributed by atoms with Crippen LogP contribution in [0.15, 0.2) is 0 Å². The molecule has 1 saturated heterocycles. The normalized spacial score (nSPS) is 44.7. The Balaban J connectivity index is 2.41. The summed E-state index contributed by atoms with van der Waals surface area (Å²) in [4.78, 5) is 2.38. The zero-order chi connectivity index (χ0) is 7.02. The van der Waals surface area contributed by atoms with Gasteiger partial charge >= 0.3 is 0 Å². The summed E-state index contributed by atoms with van der Waals surface area (Å²) in [6.45, 7) is 4.50. The molecular weight excluding hydrogens is 112 g/mol. The number of nitrogens with zero attached hydrogens (tertiary/aromatic N) is 1. The molecule has 9 heavy (non-hydrogen) atoms. The van der Waals surface area contributed by atoms with Crippen molar-refractivity contribution in [3.63, 3.8) is 0 Å². The van der Waals surface area contributed by atoms with Gasteiger partial charge in [-0.2, -0.15) is 0 Å². The van der Waals surface area contributed by atoms with E-state index in [2.05, 4.69) is 31.1 Å². The minimum Gasteiger partial charge on any atom is -0.314 e. The lowest BCUT2D eigenvalue weighted by Gasteiger charge is -2.50. The molecule has 0 aromatic rings. The molecule has 1 aliphatic rings. The van der Waals surface area contributed by atoms with E-state index in [9.17, 15) is 0 Å². The number of likely N-dealkylation sites (N-methyl/N-ethyl adjacent to an activating group) is 2. The lowest BCUT2D eigenvalue weighted by atomic mass is 9.90. The van der Waals surface area contributed by atoms with Crippen molar-refractivity contribution >= 4 is 0 Å². The number of rotatable bonds is 1. The zero-order valence-corrected chi connectivity index (χ0v) is 6.68. The van der Waals surface area contributed by atoms with Crippen LogP contribution >= 0.6 is 0 Å². The molecule has 2 nitrogen and oxygen atoms in total. The summed E-state index contributed by atoms with van der Waals surface area (Å²) in [7, 11) is 4.20. The molecule has 0 radical (unpaired) electrons. The van der Waals surface area contributed by atoms with Crippen molar-refractivity contribution < 1.29 is 0 Å². The van der Waals surface area contributed by atoms with Gasteiger partial charge in [0.05, 0.1) is 0 Å². The van der Waals surface area contributed by atoms with Gasteiger partial charge in [-0.05, 0) is 27.9 Å². The van der Waals surface area contributed by atoms with Gasteiger partial charge in [0.15, 0.2) is 0 Å². The van der Waals surface area contributed by atoms with Crippen LogP contribution in [0.5, 0.6) is 0 Å². The molecule has 1 heterocycles. The van der Waals surface area contributed by atoms with Crippen molar-refractivity contribution in [2.24, 2.45) is 0 Å². The lowest BCUT2D eigenvalue weighted by molar-refractivity contribution is 0.0222. The predicted molar refractivity (Wildman–Crippen MR) is 39.5 cm³/mol. The zero-order valence-electron chi connectivity index (χ0n) is 6.68. The summed E-state index contributed by atoms with van der Waals surface area (Å²) in [5, 5.41) is 3.29. The summed E-state index contributed by atoms with van der Waals surface area (Å²) in [5.74, 6) is 0. The van der Waals surface area contributed by atoms with E-state index in [-0.39, 0.29) is 0 Å². The Morgan fingerprint density at radius 3 is 1.89 bits per heavy atom. The van der Waals surface area contributed by atoms with Gasteiger partial charge < -0.3 is 5.32 Å². The van der Waals surface area contributed by atoms with E-state index in [0.29, 0.717) is 18.1 Å². The second-order valence-electron chi connectivity index (χ2n) is 2.96. The van der Waals surface area contributed by atoms with E-state index in [1.54, 1.807) is 0 Å². The molecule has 54 valence electrons. The van der Waals surface area contributed by atoms with Crippen molar-refractivity contribution in [3.8, 4) is 0 Å². The topological polar surface area (TPSA) is 15.3 Å². The van der Waals surface area contributed by atoms with Crippen molar-refractivity contribution in [1.82, 2.24) is 10.2 Å². The van der Waals surface area contributed by atoms with Gasteiger partial charge in [-0.25, -0.2) is 0 Å². The monoisotopic (exact) mass is 128 g/mol. The first kappa shape index (κ1) is 7.03. The molecule has 1 rings (SSSR count). The average Bonchev–Trinajstić information content (AvgIpc) is 1.89. The highest BCUT2D eigenvalue weighted by molar-refractivity contribution is 4.98.